The van der Waals surface area contributed by atoms with Gasteiger partial charge in [-0.15, -0.1) is 11.3 Å². The number of hydrogen-bond donors (Lipinski definition) is 1. The van der Waals surface area contributed by atoms with Crippen molar-refractivity contribution in [2.75, 3.05) is 19.0 Å². The number of amides is 1. The molecule has 2 aromatic heterocycles. The highest BCUT2D eigenvalue weighted by molar-refractivity contribution is 7.16. The Morgan fingerprint density at radius 3 is 2.64 bits per heavy atom. The lowest BCUT2D eigenvalue weighted by molar-refractivity contribution is -0.116. The van der Waals surface area contributed by atoms with Crippen molar-refractivity contribution in [1.82, 2.24) is 4.57 Å². The van der Waals surface area contributed by atoms with E-state index in [1.54, 1.807) is 48.9 Å². The van der Waals surface area contributed by atoms with E-state index in [0.29, 0.717) is 17.1 Å². The molecule has 0 radical (unpaired) electrons. The van der Waals surface area contributed by atoms with Gasteiger partial charge in [-0.25, -0.2) is 4.79 Å². The summed E-state index contributed by atoms with van der Waals surface area (Å²) in [6.45, 7) is 2.07. The number of benzene rings is 1. The highest BCUT2D eigenvalue weighted by Gasteiger charge is 2.19. The zero-order valence-electron chi connectivity index (χ0n) is 13.9. The van der Waals surface area contributed by atoms with Crippen molar-refractivity contribution in [2.24, 2.45) is 0 Å². The molecule has 1 aromatic carbocycles. The average Bonchev–Trinajstić information content (AvgIpc) is 3.18. The van der Waals surface area contributed by atoms with Crippen LogP contribution in [0.3, 0.4) is 0 Å². The summed E-state index contributed by atoms with van der Waals surface area (Å²) < 4.78 is 11.9. The molecule has 0 atom stereocenters. The predicted octanol–water partition coefficient (Wildman–Crippen LogP) is 3.53. The molecule has 2 heterocycles. The summed E-state index contributed by atoms with van der Waals surface area (Å²) in [5, 5.41) is 5.67. The molecule has 1 N–H and O–H groups in total. The number of thiophene rings is 1. The molecule has 6 nitrogen and oxygen atoms in total. The monoisotopic (exact) mass is 358 g/mol. The Hall–Kier alpha value is -2.80. The highest BCUT2D eigenvalue weighted by atomic mass is 32.1. The lowest BCUT2D eigenvalue weighted by atomic mass is 10.3. The normalized spacial score (nSPS) is 10.6. The van der Waals surface area contributed by atoms with Crippen LogP contribution in [0.15, 0.2) is 41.8 Å². The number of methoxy groups -OCH3 is 1. The van der Waals surface area contributed by atoms with Crippen LogP contribution < -0.4 is 10.1 Å². The van der Waals surface area contributed by atoms with E-state index in [1.807, 2.05) is 11.4 Å². The van der Waals surface area contributed by atoms with Crippen molar-refractivity contribution in [3.63, 3.8) is 0 Å². The molecule has 1 amide bonds. The van der Waals surface area contributed by atoms with E-state index in [2.05, 4.69) is 5.32 Å². The van der Waals surface area contributed by atoms with Gasteiger partial charge in [0.2, 0.25) is 5.91 Å². The second kappa shape index (κ2) is 7.40. The van der Waals surface area contributed by atoms with E-state index < -0.39 is 5.97 Å². The number of rotatable bonds is 6. The Morgan fingerprint density at radius 2 is 1.96 bits per heavy atom. The van der Waals surface area contributed by atoms with Gasteiger partial charge >= 0.3 is 5.97 Å². The second-order valence-electron chi connectivity index (χ2n) is 5.29. The number of esters is 1. The summed E-state index contributed by atoms with van der Waals surface area (Å²) in [5.74, 6) is 0.0677. The number of hydrogen-bond acceptors (Lipinski definition) is 5. The molecule has 0 bridgehead atoms. The maximum Gasteiger partial charge on any atom is 0.355 e. The summed E-state index contributed by atoms with van der Waals surface area (Å²) in [4.78, 5) is 25.4. The minimum Gasteiger partial charge on any atom is -0.497 e. The van der Waals surface area contributed by atoms with Crippen LogP contribution >= 0.6 is 11.3 Å². The third-order valence-corrected chi connectivity index (χ3v) is 4.61. The molecular weight excluding hydrogens is 340 g/mol. The molecule has 0 unspecified atom stereocenters. The first-order chi connectivity index (χ1) is 12.1. The van der Waals surface area contributed by atoms with Crippen LogP contribution in [-0.2, 0) is 16.1 Å². The molecule has 0 saturated heterocycles. The zero-order valence-corrected chi connectivity index (χ0v) is 14.8. The maximum absolute atomic E-state index is 12.4. The van der Waals surface area contributed by atoms with Gasteiger partial charge < -0.3 is 19.4 Å². The molecule has 0 spiro atoms. The largest absolute Gasteiger partial charge is 0.497 e. The van der Waals surface area contributed by atoms with Crippen molar-refractivity contribution in [1.29, 1.82) is 0 Å². The van der Waals surface area contributed by atoms with Crippen LogP contribution in [0, 0.1) is 0 Å². The first kappa shape index (κ1) is 17.0. The summed E-state index contributed by atoms with van der Waals surface area (Å²) in [7, 11) is 1.59. The first-order valence-electron chi connectivity index (χ1n) is 7.80. The number of carbonyl (C=O) groups excluding carboxylic acids is 2. The smallest absolute Gasteiger partial charge is 0.355 e. The maximum atomic E-state index is 12.4. The minimum absolute atomic E-state index is 0.0319. The van der Waals surface area contributed by atoms with E-state index in [9.17, 15) is 9.59 Å². The summed E-state index contributed by atoms with van der Waals surface area (Å²) in [5.41, 5.74) is 1.05. The number of nitrogens with zero attached hydrogens (tertiary/aromatic N) is 1. The fourth-order valence-corrected chi connectivity index (χ4v) is 3.42. The van der Waals surface area contributed by atoms with Crippen LogP contribution in [0.2, 0.25) is 0 Å². The fraction of sp³-hybridized carbons (Fsp3) is 0.222. The number of anilines is 1. The molecule has 0 aliphatic heterocycles. The van der Waals surface area contributed by atoms with Crippen molar-refractivity contribution in [3.05, 3.63) is 47.5 Å². The lowest BCUT2D eigenvalue weighted by Crippen LogP contribution is -2.21. The van der Waals surface area contributed by atoms with E-state index in [1.165, 1.54) is 11.3 Å². The van der Waals surface area contributed by atoms with Gasteiger partial charge in [0, 0.05) is 11.1 Å². The number of nitrogens with one attached hydrogen (secondary N) is 1. The third-order valence-electron chi connectivity index (χ3n) is 3.66. The summed E-state index contributed by atoms with van der Waals surface area (Å²) in [6, 6.07) is 10.7. The van der Waals surface area contributed by atoms with Gasteiger partial charge in [0.1, 0.15) is 22.8 Å². The van der Waals surface area contributed by atoms with Crippen molar-refractivity contribution < 1.29 is 19.1 Å². The molecule has 130 valence electrons. The molecular formula is C18H18N2O4S. The molecule has 7 heteroatoms. The zero-order chi connectivity index (χ0) is 17.8. The number of ether oxygens (including phenoxy) is 2. The molecule has 25 heavy (non-hydrogen) atoms. The predicted molar refractivity (Wildman–Crippen MR) is 97.4 cm³/mol. The van der Waals surface area contributed by atoms with E-state index in [4.69, 9.17) is 9.47 Å². The van der Waals surface area contributed by atoms with Crippen LogP contribution in [0.1, 0.15) is 17.4 Å². The Morgan fingerprint density at radius 1 is 1.20 bits per heavy atom. The Kier molecular flexibility index (Phi) is 5.04. The third kappa shape index (κ3) is 3.66. The van der Waals surface area contributed by atoms with Crippen molar-refractivity contribution in [2.45, 2.75) is 13.5 Å². The van der Waals surface area contributed by atoms with Crippen molar-refractivity contribution >= 4 is 39.1 Å². The topological polar surface area (TPSA) is 69.6 Å². The lowest BCUT2D eigenvalue weighted by Gasteiger charge is -2.10. The quantitative estimate of drug-likeness (QED) is 0.685. The van der Waals surface area contributed by atoms with Gasteiger partial charge in [0.15, 0.2) is 0 Å². The standard InChI is InChI=1S/C18H18N2O4S/c1-3-24-18(22)15-10-12-8-9-25-17(12)20(15)11-16(21)19-13-4-6-14(23-2)7-5-13/h4-10H,3,11H2,1-2H3,(H,19,21). The summed E-state index contributed by atoms with van der Waals surface area (Å²) >= 11 is 1.48. The van der Waals surface area contributed by atoms with Crippen LogP contribution in [-0.4, -0.2) is 30.2 Å². The number of fused-ring (bicyclic) bond motifs is 1. The van der Waals surface area contributed by atoms with E-state index >= 15 is 0 Å². The minimum atomic E-state index is -0.428. The molecule has 0 aliphatic rings. The van der Waals surface area contributed by atoms with Crippen LogP contribution in [0.5, 0.6) is 5.75 Å². The van der Waals surface area contributed by atoms with Crippen LogP contribution in [0.25, 0.3) is 10.2 Å². The molecule has 3 rings (SSSR count). The van der Waals surface area contributed by atoms with Gasteiger partial charge in [-0.05, 0) is 48.7 Å². The summed E-state index contributed by atoms with van der Waals surface area (Å²) in [6.07, 6.45) is 0. The molecule has 0 aliphatic carbocycles. The highest BCUT2D eigenvalue weighted by Crippen LogP contribution is 2.26. The second-order valence-corrected chi connectivity index (χ2v) is 6.19. The van der Waals surface area contributed by atoms with E-state index in [0.717, 1.165) is 10.2 Å². The Balaban J connectivity index is 1.80. The molecule has 0 saturated carbocycles. The Bertz CT molecular complexity index is 896. The van der Waals surface area contributed by atoms with Gasteiger partial charge in [0.05, 0.1) is 13.7 Å². The Labute approximate surface area is 149 Å². The molecule has 0 fully saturated rings. The number of carbonyl (C=O) groups is 2. The van der Waals surface area contributed by atoms with E-state index in [-0.39, 0.29) is 19.1 Å². The fourth-order valence-electron chi connectivity index (χ4n) is 2.52. The molecule has 3 aromatic rings. The first-order valence-corrected chi connectivity index (χ1v) is 8.68. The SMILES string of the molecule is CCOC(=O)c1cc2ccsc2n1CC(=O)Nc1ccc(OC)cc1. The number of aromatic nitrogens is 1. The van der Waals surface area contributed by atoms with Gasteiger partial charge in [0.25, 0.3) is 0 Å². The average molecular weight is 358 g/mol. The van der Waals surface area contributed by atoms with Crippen molar-refractivity contribution in [3.8, 4) is 5.75 Å². The van der Waals surface area contributed by atoms with Gasteiger partial charge in [-0.2, -0.15) is 0 Å². The van der Waals surface area contributed by atoms with Crippen LogP contribution in [0.4, 0.5) is 5.69 Å². The van der Waals surface area contributed by atoms with Gasteiger partial charge in [-0.3, -0.25) is 4.79 Å². The van der Waals surface area contributed by atoms with Gasteiger partial charge in [-0.1, -0.05) is 0 Å².